The van der Waals surface area contributed by atoms with Crippen LogP contribution in [0.1, 0.15) is 155 Å². The van der Waals surface area contributed by atoms with Gasteiger partial charge in [0.1, 0.15) is 118 Å². The highest BCUT2D eigenvalue weighted by Gasteiger charge is 2.51. The van der Waals surface area contributed by atoms with Crippen molar-refractivity contribution >= 4 is 98.0 Å². The number of rotatable bonds is 24. The van der Waals surface area contributed by atoms with Gasteiger partial charge in [-0.25, -0.2) is 0 Å². The van der Waals surface area contributed by atoms with E-state index in [1.165, 1.54) is 44.2 Å². The third-order valence-corrected chi connectivity index (χ3v) is 34.0. The van der Waals surface area contributed by atoms with E-state index in [9.17, 15) is 41.2 Å². The molecule has 0 radical (unpaired) electrons. The largest absolute Gasteiger partial charge is 0.487 e. The summed E-state index contributed by atoms with van der Waals surface area (Å²) in [5.74, 6) is 7.04. The van der Waals surface area contributed by atoms with Crippen molar-refractivity contribution in [3.8, 4) is 28.7 Å². The number of fused-ring (bicyclic) bond motifs is 10. The molecule has 13 N–H and O–H groups in total. The van der Waals surface area contributed by atoms with E-state index < -0.39 is 41.6 Å². The van der Waals surface area contributed by atoms with Gasteiger partial charge in [0.15, 0.2) is 0 Å². The molecule has 5 aromatic carbocycles. The van der Waals surface area contributed by atoms with E-state index in [1.807, 2.05) is 150 Å². The van der Waals surface area contributed by atoms with Crippen LogP contribution >= 0.6 is 43.2 Å². The van der Waals surface area contributed by atoms with Crippen LogP contribution in [0.2, 0.25) is 0 Å². The second kappa shape index (κ2) is 41.0. The Hall–Kier alpha value is -6.70. The molecule has 0 spiro atoms. The van der Waals surface area contributed by atoms with E-state index in [4.69, 9.17) is 45.8 Å². The molecule has 128 heavy (non-hydrogen) atoms. The molecular weight excluding hydrogens is 1710 g/mol. The van der Waals surface area contributed by atoms with Gasteiger partial charge in [-0.2, -0.15) is 15.2 Å². The molecule has 26 nitrogen and oxygen atoms in total. The van der Waals surface area contributed by atoms with Crippen LogP contribution in [0.4, 0.5) is 0 Å². The smallest absolute Gasteiger partial charge is 0.134 e. The van der Waals surface area contributed by atoms with Crippen LogP contribution in [0.5, 0.6) is 28.7 Å². The minimum Gasteiger partial charge on any atom is -0.487 e. The first-order chi connectivity index (χ1) is 61.4. The minimum atomic E-state index is -0.600. The fraction of sp³-hybridized carbons (Fsp3) is 0.571. The zero-order chi connectivity index (χ0) is 89.8. The lowest BCUT2D eigenvalue weighted by Crippen LogP contribution is -2.49. The molecule has 5 aromatic heterocycles. The Bertz CT molecular complexity index is 5360. The molecule has 10 aliphatic rings. The van der Waals surface area contributed by atoms with Crippen LogP contribution in [0.3, 0.4) is 0 Å². The van der Waals surface area contributed by atoms with E-state index in [2.05, 4.69) is 86.3 Å². The molecule has 0 aliphatic carbocycles. The number of piperidine rings is 1. The van der Waals surface area contributed by atoms with Crippen LogP contribution in [0.25, 0.3) is 54.8 Å². The highest BCUT2D eigenvalue weighted by atomic mass is 33.1. The van der Waals surface area contributed by atoms with E-state index in [1.54, 1.807) is 31.3 Å². The maximum absolute atomic E-state index is 10.7. The first-order valence-corrected chi connectivity index (χ1v) is 50.7. The standard InChI is InChI=1S/C22H32N2O4.C22H30N2O4.C19H25NO3S2.C18H24N2O4.C17H21NO3S2/c2*1-21(2)11-16(22(3,4)24(21)26)12-23-13-17(25)18-6-5-14-9-19-15(7-8-27-19)10-20(14)28-18;1-19(2)11-24-25-18(19)10-20-9-14(21)15-4-3-12-7-16-13(5-6-22-16)8-17(12)23-15;21-15(11-19-14-3-6-20(22)7-4-14)16-2-1-12-9-17-13(5-8-23-17)10-18(12)24-16;19-14(10-18-9-13-4-6-22-23-13)15-2-1-11-7-16-12(3-5-20-16)8-17(11)21-15/h7-10,16-18,23,25-26H,5-6,11-13H2,1-4H3;7-11,17-18,23,25-26H,5-6,12-13H2,1-4H3;5-8,14-15,18,20-21H,3-4,9-11H2,1-2H3;5,8-10,14-16,19,21-22H,1-4,6-7,11H2;3,5,7-8,13-15,18-19H,1-2,4,6,9-10H2. The molecule has 10 aliphatic heterocycles. The summed E-state index contributed by atoms with van der Waals surface area (Å²) in [6, 6.07) is 30.3. The summed E-state index contributed by atoms with van der Waals surface area (Å²) in [5, 5.41) is 111. The zero-order valence-electron chi connectivity index (χ0n) is 75.4. The van der Waals surface area contributed by atoms with Crippen LogP contribution in [-0.4, -0.2) is 240 Å². The molecule has 0 saturated carbocycles. The first kappa shape index (κ1) is 94.5. The fourth-order valence-electron chi connectivity index (χ4n) is 19.5. The van der Waals surface area contributed by atoms with Crippen LogP contribution < -0.4 is 50.3 Å². The van der Waals surface area contributed by atoms with Gasteiger partial charge >= 0.3 is 0 Å². The normalized spacial score (nSPS) is 25.6. The van der Waals surface area contributed by atoms with Gasteiger partial charge in [-0.3, -0.25) is 0 Å². The average Bonchev–Trinajstić information content (AvgIpc) is 1.63. The molecule has 10 aromatic rings. The Morgan fingerprint density at radius 2 is 0.781 bits per heavy atom. The Morgan fingerprint density at radius 1 is 0.414 bits per heavy atom. The highest BCUT2D eigenvalue weighted by Crippen LogP contribution is 2.50. The molecule has 13 unspecified atom stereocenters. The van der Waals surface area contributed by atoms with Gasteiger partial charge in [-0.05, 0) is 288 Å². The summed E-state index contributed by atoms with van der Waals surface area (Å²) < 4.78 is 57.6. The first-order valence-electron chi connectivity index (χ1n) is 45.9. The third kappa shape index (κ3) is 22.4. The predicted molar refractivity (Wildman–Crippen MR) is 506 cm³/mol. The molecule has 13 atom stereocenters. The van der Waals surface area contributed by atoms with Crippen molar-refractivity contribution in [1.29, 1.82) is 0 Å². The number of benzene rings is 5. The third-order valence-electron chi connectivity index (χ3n) is 27.6. The molecule has 0 bridgehead atoms. The maximum Gasteiger partial charge on any atom is 0.134 e. The van der Waals surface area contributed by atoms with Crippen molar-refractivity contribution in [3.63, 3.8) is 0 Å². The number of furan rings is 5. The van der Waals surface area contributed by atoms with Gasteiger partial charge in [0.25, 0.3) is 0 Å². The fourth-order valence-corrected chi connectivity index (χ4v) is 26.3. The van der Waals surface area contributed by atoms with Gasteiger partial charge in [-0.15, -0.1) is 0 Å². The topological polar surface area (TPSA) is 344 Å². The lowest BCUT2D eigenvalue weighted by atomic mass is 9.87. The summed E-state index contributed by atoms with van der Waals surface area (Å²) in [6.45, 7) is 28.1. The Balaban J connectivity index is 0.000000118. The Labute approximate surface area is 766 Å². The number of aryl methyl sites for hydroxylation is 5. The van der Waals surface area contributed by atoms with E-state index in [-0.39, 0.29) is 41.6 Å². The molecule has 4 saturated heterocycles. The van der Waals surface area contributed by atoms with Gasteiger partial charge < -0.3 is 114 Å². The second-order valence-corrected chi connectivity index (χ2v) is 44.5. The van der Waals surface area contributed by atoms with Crippen molar-refractivity contribution in [1.82, 2.24) is 41.8 Å². The number of nitrogens with zero attached hydrogens (tertiary/aromatic N) is 3. The number of ether oxygens (including phenoxy) is 5. The summed E-state index contributed by atoms with van der Waals surface area (Å²) in [4.78, 5) is 0. The monoisotopic (exact) mass is 1840 g/mol. The van der Waals surface area contributed by atoms with Crippen molar-refractivity contribution < 1.29 is 86.9 Å². The average molecular weight is 1840 g/mol. The number of aliphatic hydroxyl groups is 5. The number of hydrogen-bond donors (Lipinski definition) is 13. The summed E-state index contributed by atoms with van der Waals surface area (Å²) >= 11 is 0. The van der Waals surface area contributed by atoms with Crippen LogP contribution in [0, 0.1) is 11.3 Å². The van der Waals surface area contributed by atoms with Gasteiger partial charge in [0.2, 0.25) is 0 Å². The van der Waals surface area contributed by atoms with Gasteiger partial charge in [0.05, 0.1) is 42.4 Å². The summed E-state index contributed by atoms with van der Waals surface area (Å²) in [6.07, 6.45) is 19.4. The number of hydrogen-bond acceptors (Lipinski definition) is 30. The molecule has 0 amide bonds. The lowest BCUT2D eigenvalue weighted by molar-refractivity contribution is -0.196. The minimum absolute atomic E-state index is 0.134. The molecule has 30 heteroatoms. The van der Waals surface area contributed by atoms with Crippen molar-refractivity contribution in [2.45, 2.75) is 259 Å². The molecular formula is C98H132N8O18S4. The maximum atomic E-state index is 10.7. The van der Waals surface area contributed by atoms with Gasteiger partial charge in [0, 0.05) is 132 Å². The SMILES string of the molecule is CC1(C)C=C(CNCC(O)C2CCc3cc4occc4cc3O2)C(C)(C)N1O.CC1(C)CC(CNCC(O)C2CCc3cc4occc4cc3O2)C(C)(C)N1O.CC1(C)CSSC1CNCC(O)C1CCc2cc3occc3cc2O1.OC(CNC1CCN(O)CC1)C1CCc2cc3occc3cc2O1.OC(CNCC1CCSS1)C1CCc2cc3occc3cc2O1. The summed E-state index contributed by atoms with van der Waals surface area (Å²) in [5.41, 5.74) is 10.3. The van der Waals surface area contributed by atoms with Gasteiger partial charge in [-0.1, -0.05) is 63.1 Å². The number of hydroxylamine groups is 6. The molecule has 15 heterocycles. The van der Waals surface area contributed by atoms with Crippen molar-refractivity contribution in [3.05, 3.63) is 162 Å². The second-order valence-electron chi connectivity index (χ2n) is 39.2. The van der Waals surface area contributed by atoms with Crippen LogP contribution in [0.15, 0.2) is 156 Å². The Kier molecular flexibility index (Phi) is 30.3. The zero-order valence-corrected chi connectivity index (χ0v) is 78.7. The summed E-state index contributed by atoms with van der Waals surface area (Å²) in [7, 11) is 7.81. The predicted octanol–water partition coefficient (Wildman–Crippen LogP) is 15.6. The van der Waals surface area contributed by atoms with Crippen molar-refractivity contribution in [2.75, 3.05) is 83.5 Å². The van der Waals surface area contributed by atoms with E-state index >= 15 is 0 Å². The molecule has 20 rings (SSSR count). The van der Waals surface area contributed by atoms with Crippen molar-refractivity contribution in [2.24, 2.45) is 11.3 Å². The highest BCUT2D eigenvalue weighted by molar-refractivity contribution is 8.77. The molecule has 696 valence electrons. The Morgan fingerprint density at radius 3 is 1.12 bits per heavy atom. The number of nitrogens with one attached hydrogen (secondary N) is 5. The quantitative estimate of drug-likeness (QED) is 0.0197. The number of aliphatic hydroxyl groups excluding tert-OH is 5. The van der Waals surface area contributed by atoms with E-state index in [0.717, 1.165) is 209 Å². The lowest BCUT2D eigenvalue weighted by Gasteiger charge is -2.36. The van der Waals surface area contributed by atoms with Crippen LogP contribution in [-0.2, 0) is 32.1 Å². The van der Waals surface area contributed by atoms with E-state index in [0.29, 0.717) is 80.2 Å². The molecule has 4 fully saturated rings.